The Hall–Kier alpha value is -1.04. The first-order chi connectivity index (χ1) is 7.31. The van der Waals surface area contributed by atoms with Crippen LogP contribution in [0.4, 0.5) is 10.6 Å². The van der Waals surface area contributed by atoms with Crippen LogP contribution in [-0.2, 0) is 11.3 Å². The number of anilines is 1. The highest BCUT2D eigenvalue weighted by atomic mass is 79.9. The molecular weight excluding hydrogens is 274 g/mol. The number of amides is 1. The molecule has 1 heterocycles. The van der Waals surface area contributed by atoms with E-state index in [1.807, 2.05) is 27.7 Å². The molecule has 1 aromatic rings. The highest BCUT2D eigenvalue weighted by molar-refractivity contribution is 9.10. The first kappa shape index (κ1) is 13.0. The minimum Gasteiger partial charge on any atom is -0.444 e. The van der Waals surface area contributed by atoms with Gasteiger partial charge in [0, 0.05) is 12.7 Å². The molecule has 1 amide bonds. The van der Waals surface area contributed by atoms with Crippen molar-refractivity contribution in [3.8, 4) is 0 Å². The molecule has 0 aromatic carbocycles. The lowest BCUT2D eigenvalue weighted by Gasteiger charge is -2.19. The van der Waals surface area contributed by atoms with E-state index in [1.54, 1.807) is 10.9 Å². The summed E-state index contributed by atoms with van der Waals surface area (Å²) in [6.07, 6.45) is 1.29. The number of aromatic nitrogens is 2. The number of carbonyl (C=O) groups is 1. The van der Waals surface area contributed by atoms with Crippen LogP contribution < -0.4 is 5.32 Å². The number of ether oxygens (including phenoxy) is 1. The summed E-state index contributed by atoms with van der Waals surface area (Å²) in [6.45, 7) is 8.15. The summed E-state index contributed by atoms with van der Waals surface area (Å²) in [5, 5.41) is 6.74. The quantitative estimate of drug-likeness (QED) is 0.911. The average molecular weight is 290 g/mol. The Labute approximate surface area is 103 Å². The van der Waals surface area contributed by atoms with Crippen LogP contribution in [0.25, 0.3) is 0 Å². The lowest BCUT2D eigenvalue weighted by Crippen LogP contribution is -2.27. The fraction of sp³-hybridized carbons (Fsp3) is 0.600. The number of nitrogens with zero attached hydrogens (tertiary/aromatic N) is 2. The van der Waals surface area contributed by atoms with Crippen LogP contribution in [0, 0.1) is 0 Å². The summed E-state index contributed by atoms with van der Waals surface area (Å²) < 4.78 is 7.57. The number of aryl methyl sites for hydroxylation is 1. The zero-order valence-corrected chi connectivity index (χ0v) is 11.5. The van der Waals surface area contributed by atoms with Crippen molar-refractivity contribution in [3.05, 3.63) is 10.7 Å². The molecule has 0 bridgehead atoms. The van der Waals surface area contributed by atoms with E-state index in [2.05, 4.69) is 26.3 Å². The number of hydrogen-bond acceptors (Lipinski definition) is 3. The Balaban J connectivity index is 2.66. The van der Waals surface area contributed by atoms with E-state index in [0.29, 0.717) is 5.82 Å². The third-order valence-electron chi connectivity index (χ3n) is 1.66. The third-order valence-corrected chi connectivity index (χ3v) is 2.24. The van der Waals surface area contributed by atoms with Crippen LogP contribution in [0.1, 0.15) is 27.7 Å². The van der Waals surface area contributed by atoms with Gasteiger partial charge in [0.2, 0.25) is 0 Å². The number of rotatable bonds is 2. The SMILES string of the molecule is CCn1cc(Br)c(NC(=O)OC(C)(C)C)n1. The van der Waals surface area contributed by atoms with Crippen molar-refractivity contribution in [2.45, 2.75) is 39.8 Å². The largest absolute Gasteiger partial charge is 0.444 e. The maximum atomic E-state index is 11.5. The standard InChI is InChI=1S/C10H16BrN3O2/c1-5-14-6-7(11)8(13-14)12-9(15)16-10(2,3)4/h6H,5H2,1-4H3,(H,12,13,15). The molecule has 0 saturated carbocycles. The van der Waals surface area contributed by atoms with Gasteiger partial charge < -0.3 is 4.74 Å². The van der Waals surface area contributed by atoms with Crippen LogP contribution in [0.15, 0.2) is 10.7 Å². The van der Waals surface area contributed by atoms with E-state index in [-0.39, 0.29) is 0 Å². The van der Waals surface area contributed by atoms with Gasteiger partial charge in [-0.3, -0.25) is 10.00 Å². The van der Waals surface area contributed by atoms with Gasteiger partial charge in [-0.05, 0) is 43.6 Å². The number of nitrogens with one attached hydrogen (secondary N) is 1. The van der Waals surface area contributed by atoms with Gasteiger partial charge in [-0.15, -0.1) is 0 Å². The second-order valence-electron chi connectivity index (χ2n) is 4.31. The van der Waals surface area contributed by atoms with Gasteiger partial charge in [0.05, 0.1) is 4.47 Å². The number of carbonyl (C=O) groups excluding carboxylic acids is 1. The molecule has 0 saturated heterocycles. The second kappa shape index (κ2) is 4.86. The molecule has 1 rings (SSSR count). The molecule has 0 radical (unpaired) electrons. The lowest BCUT2D eigenvalue weighted by atomic mass is 10.2. The average Bonchev–Trinajstić information content (AvgIpc) is 2.44. The van der Waals surface area contributed by atoms with Crippen molar-refractivity contribution in [2.75, 3.05) is 5.32 Å². The van der Waals surface area contributed by atoms with Crippen molar-refractivity contribution < 1.29 is 9.53 Å². The van der Waals surface area contributed by atoms with Gasteiger partial charge in [0.15, 0.2) is 5.82 Å². The van der Waals surface area contributed by atoms with Crippen molar-refractivity contribution >= 4 is 27.8 Å². The minimum atomic E-state index is -0.510. The predicted molar refractivity (Wildman–Crippen MR) is 65.5 cm³/mol. The van der Waals surface area contributed by atoms with Gasteiger partial charge in [0.25, 0.3) is 0 Å². The monoisotopic (exact) mass is 289 g/mol. The molecule has 1 N–H and O–H groups in total. The summed E-state index contributed by atoms with van der Waals surface area (Å²) in [5.41, 5.74) is -0.510. The first-order valence-electron chi connectivity index (χ1n) is 5.05. The van der Waals surface area contributed by atoms with E-state index in [0.717, 1.165) is 11.0 Å². The van der Waals surface area contributed by atoms with Gasteiger partial charge in [-0.1, -0.05) is 0 Å². The van der Waals surface area contributed by atoms with E-state index >= 15 is 0 Å². The van der Waals surface area contributed by atoms with Crippen molar-refractivity contribution in [1.29, 1.82) is 0 Å². The van der Waals surface area contributed by atoms with Gasteiger partial charge >= 0.3 is 6.09 Å². The predicted octanol–water partition coefficient (Wildman–Crippen LogP) is 3.01. The molecule has 5 nitrogen and oxygen atoms in total. The highest BCUT2D eigenvalue weighted by Crippen LogP contribution is 2.20. The summed E-state index contributed by atoms with van der Waals surface area (Å²) in [6, 6.07) is 0. The van der Waals surface area contributed by atoms with Gasteiger partial charge in [0.1, 0.15) is 5.60 Å². The Bertz CT molecular complexity index is 382. The van der Waals surface area contributed by atoms with Crippen molar-refractivity contribution in [1.82, 2.24) is 9.78 Å². The molecule has 0 fully saturated rings. The maximum absolute atomic E-state index is 11.5. The van der Waals surface area contributed by atoms with Crippen LogP contribution in [0.2, 0.25) is 0 Å². The van der Waals surface area contributed by atoms with Crippen LogP contribution in [0.3, 0.4) is 0 Å². The molecule has 0 spiro atoms. The smallest absolute Gasteiger partial charge is 0.413 e. The molecule has 0 aliphatic carbocycles. The molecule has 16 heavy (non-hydrogen) atoms. The lowest BCUT2D eigenvalue weighted by molar-refractivity contribution is 0.0635. The fourth-order valence-corrected chi connectivity index (χ4v) is 1.46. The van der Waals surface area contributed by atoms with E-state index in [9.17, 15) is 4.79 Å². The molecular formula is C10H16BrN3O2. The highest BCUT2D eigenvalue weighted by Gasteiger charge is 2.18. The Kier molecular flexibility index (Phi) is 3.96. The summed E-state index contributed by atoms with van der Waals surface area (Å²) >= 11 is 3.31. The van der Waals surface area contributed by atoms with Crippen molar-refractivity contribution in [3.63, 3.8) is 0 Å². The normalized spacial score (nSPS) is 11.3. The zero-order valence-electron chi connectivity index (χ0n) is 9.87. The molecule has 0 aliphatic heterocycles. The molecule has 6 heteroatoms. The molecule has 0 aliphatic rings. The van der Waals surface area contributed by atoms with Crippen molar-refractivity contribution in [2.24, 2.45) is 0 Å². The van der Waals surface area contributed by atoms with E-state index in [4.69, 9.17) is 4.74 Å². The second-order valence-corrected chi connectivity index (χ2v) is 5.16. The number of halogens is 1. The number of hydrogen-bond donors (Lipinski definition) is 1. The van der Waals surface area contributed by atoms with Crippen LogP contribution in [0.5, 0.6) is 0 Å². The first-order valence-corrected chi connectivity index (χ1v) is 5.84. The molecule has 0 unspecified atom stereocenters. The summed E-state index contributed by atoms with van der Waals surface area (Å²) in [7, 11) is 0. The molecule has 1 aromatic heterocycles. The van der Waals surface area contributed by atoms with Crippen LogP contribution >= 0.6 is 15.9 Å². The molecule has 0 atom stereocenters. The Morgan fingerprint density at radius 3 is 2.69 bits per heavy atom. The topological polar surface area (TPSA) is 56.2 Å². The van der Waals surface area contributed by atoms with E-state index < -0.39 is 11.7 Å². The minimum absolute atomic E-state index is 0.469. The third kappa shape index (κ3) is 3.84. The van der Waals surface area contributed by atoms with Crippen LogP contribution in [-0.4, -0.2) is 21.5 Å². The van der Waals surface area contributed by atoms with Gasteiger partial charge in [-0.2, -0.15) is 5.10 Å². The Morgan fingerprint density at radius 2 is 2.25 bits per heavy atom. The van der Waals surface area contributed by atoms with Gasteiger partial charge in [-0.25, -0.2) is 4.79 Å². The maximum Gasteiger partial charge on any atom is 0.413 e. The summed E-state index contributed by atoms with van der Waals surface area (Å²) in [4.78, 5) is 11.5. The summed E-state index contributed by atoms with van der Waals surface area (Å²) in [5.74, 6) is 0.469. The Morgan fingerprint density at radius 1 is 1.62 bits per heavy atom. The zero-order chi connectivity index (χ0) is 12.3. The fourth-order valence-electron chi connectivity index (χ4n) is 1.04. The van der Waals surface area contributed by atoms with E-state index in [1.165, 1.54) is 0 Å². The molecule has 90 valence electrons.